The van der Waals surface area contributed by atoms with E-state index in [1.807, 2.05) is 0 Å². The molecule has 0 aromatic rings. The van der Waals surface area contributed by atoms with E-state index in [2.05, 4.69) is 12.2 Å². The summed E-state index contributed by atoms with van der Waals surface area (Å²) >= 11 is 0. The van der Waals surface area contributed by atoms with Crippen LogP contribution in [0.4, 0.5) is 0 Å². The van der Waals surface area contributed by atoms with Gasteiger partial charge in [-0.3, -0.25) is 4.79 Å². The number of hydrogen-bond donors (Lipinski definition) is 2. The van der Waals surface area contributed by atoms with Crippen molar-refractivity contribution in [1.29, 1.82) is 0 Å². The van der Waals surface area contributed by atoms with E-state index < -0.39 is 0 Å². The molecule has 1 rings (SSSR count). The van der Waals surface area contributed by atoms with Gasteiger partial charge in [0.1, 0.15) is 0 Å². The summed E-state index contributed by atoms with van der Waals surface area (Å²) in [5, 5.41) is 3.01. The summed E-state index contributed by atoms with van der Waals surface area (Å²) in [6.07, 6.45) is 9.68. The fourth-order valence-corrected chi connectivity index (χ4v) is 2.74. The van der Waals surface area contributed by atoms with E-state index in [1.165, 1.54) is 32.1 Å². The van der Waals surface area contributed by atoms with Crippen LogP contribution in [0.3, 0.4) is 0 Å². The fourth-order valence-electron chi connectivity index (χ4n) is 2.74. The molecule has 0 heterocycles. The van der Waals surface area contributed by atoms with E-state index in [9.17, 15) is 4.79 Å². The highest BCUT2D eigenvalue weighted by molar-refractivity contribution is 5.78. The van der Waals surface area contributed by atoms with Gasteiger partial charge in [0.25, 0.3) is 0 Å². The van der Waals surface area contributed by atoms with E-state index in [4.69, 9.17) is 5.73 Å². The molecule has 1 fully saturated rings. The van der Waals surface area contributed by atoms with Crippen molar-refractivity contribution in [2.24, 2.45) is 17.6 Å². The Hall–Kier alpha value is -0.570. The molecule has 0 bridgehead atoms. The van der Waals surface area contributed by atoms with E-state index >= 15 is 0 Å². The highest BCUT2D eigenvalue weighted by Gasteiger charge is 2.22. The highest BCUT2D eigenvalue weighted by Crippen LogP contribution is 2.30. The zero-order valence-electron chi connectivity index (χ0n) is 11.2. The molecule has 0 radical (unpaired) electrons. The summed E-state index contributed by atoms with van der Waals surface area (Å²) in [7, 11) is 0. The topological polar surface area (TPSA) is 55.1 Å². The Labute approximate surface area is 106 Å². The summed E-state index contributed by atoms with van der Waals surface area (Å²) in [5.74, 6) is 1.25. The van der Waals surface area contributed by atoms with Gasteiger partial charge in [0.15, 0.2) is 0 Å². The van der Waals surface area contributed by atoms with Crippen molar-refractivity contribution >= 4 is 5.91 Å². The number of carbonyl (C=O) groups excluding carboxylic acids is 1. The van der Waals surface area contributed by atoms with Crippen LogP contribution in [0.5, 0.6) is 0 Å². The second kappa shape index (κ2) is 8.51. The first-order valence-corrected chi connectivity index (χ1v) is 7.25. The summed E-state index contributed by atoms with van der Waals surface area (Å²) < 4.78 is 0. The standard InChI is InChI=1S/C14H28N2O/c1-2-13(14(17)16-10-6-9-15)11-12-7-4-3-5-8-12/h12-13H,2-11,15H2,1H3,(H,16,17). The second-order valence-electron chi connectivity index (χ2n) is 5.28. The van der Waals surface area contributed by atoms with Crippen LogP contribution in [0.2, 0.25) is 0 Å². The third kappa shape index (κ3) is 5.53. The molecule has 1 amide bonds. The first kappa shape index (κ1) is 14.5. The molecule has 0 aliphatic heterocycles. The van der Waals surface area contributed by atoms with Crippen molar-refractivity contribution in [2.75, 3.05) is 13.1 Å². The average molecular weight is 240 g/mol. The molecule has 17 heavy (non-hydrogen) atoms. The number of rotatable bonds is 7. The van der Waals surface area contributed by atoms with E-state index in [0.29, 0.717) is 6.54 Å². The van der Waals surface area contributed by atoms with Crippen molar-refractivity contribution in [3.05, 3.63) is 0 Å². The molecule has 0 aromatic carbocycles. The fraction of sp³-hybridized carbons (Fsp3) is 0.929. The Morgan fingerprint density at radius 3 is 2.65 bits per heavy atom. The van der Waals surface area contributed by atoms with Crippen LogP contribution in [0.25, 0.3) is 0 Å². The van der Waals surface area contributed by atoms with Gasteiger partial charge in [-0.1, -0.05) is 39.0 Å². The largest absolute Gasteiger partial charge is 0.356 e. The van der Waals surface area contributed by atoms with Crippen molar-refractivity contribution in [3.63, 3.8) is 0 Å². The predicted molar refractivity (Wildman–Crippen MR) is 71.7 cm³/mol. The molecule has 1 aliphatic carbocycles. The van der Waals surface area contributed by atoms with Gasteiger partial charge in [0, 0.05) is 12.5 Å². The van der Waals surface area contributed by atoms with Crippen LogP contribution in [-0.4, -0.2) is 19.0 Å². The molecule has 3 nitrogen and oxygen atoms in total. The van der Waals surface area contributed by atoms with Crippen molar-refractivity contribution in [2.45, 2.75) is 58.3 Å². The van der Waals surface area contributed by atoms with E-state index in [-0.39, 0.29) is 11.8 Å². The Bertz CT molecular complexity index is 212. The molecule has 0 spiro atoms. The van der Waals surface area contributed by atoms with Crippen LogP contribution in [0.1, 0.15) is 58.3 Å². The van der Waals surface area contributed by atoms with Gasteiger partial charge in [0.2, 0.25) is 5.91 Å². The van der Waals surface area contributed by atoms with E-state index in [1.54, 1.807) is 0 Å². The maximum atomic E-state index is 12.0. The average Bonchev–Trinajstić information content (AvgIpc) is 2.37. The predicted octanol–water partition coefficient (Wildman–Crippen LogP) is 2.45. The summed E-state index contributed by atoms with van der Waals surface area (Å²) in [5.41, 5.74) is 5.42. The monoisotopic (exact) mass is 240 g/mol. The maximum absolute atomic E-state index is 12.0. The SMILES string of the molecule is CCC(CC1CCCCC1)C(=O)NCCCN. The van der Waals surface area contributed by atoms with Gasteiger partial charge in [0.05, 0.1) is 0 Å². The normalized spacial score (nSPS) is 18.9. The van der Waals surface area contributed by atoms with Crippen LogP contribution >= 0.6 is 0 Å². The van der Waals surface area contributed by atoms with Crippen molar-refractivity contribution in [1.82, 2.24) is 5.32 Å². The molecule has 3 heteroatoms. The molecule has 0 aromatic heterocycles. The third-order valence-electron chi connectivity index (χ3n) is 3.89. The minimum Gasteiger partial charge on any atom is -0.356 e. The molecular weight excluding hydrogens is 212 g/mol. The lowest BCUT2D eigenvalue weighted by Crippen LogP contribution is -2.33. The quantitative estimate of drug-likeness (QED) is 0.672. The maximum Gasteiger partial charge on any atom is 0.223 e. The van der Waals surface area contributed by atoms with Gasteiger partial charge in [-0.15, -0.1) is 0 Å². The molecule has 0 saturated heterocycles. The minimum absolute atomic E-state index is 0.218. The van der Waals surface area contributed by atoms with Crippen molar-refractivity contribution < 1.29 is 4.79 Å². The summed E-state index contributed by atoms with van der Waals surface area (Å²) in [6.45, 7) is 3.51. The Morgan fingerprint density at radius 2 is 2.06 bits per heavy atom. The van der Waals surface area contributed by atoms with Crippen LogP contribution in [-0.2, 0) is 4.79 Å². The molecule has 3 N–H and O–H groups in total. The minimum atomic E-state index is 0.218. The lowest BCUT2D eigenvalue weighted by Gasteiger charge is -2.25. The Kier molecular flexibility index (Phi) is 7.25. The smallest absolute Gasteiger partial charge is 0.223 e. The Balaban J connectivity index is 2.27. The molecular formula is C14H28N2O. The second-order valence-corrected chi connectivity index (χ2v) is 5.28. The van der Waals surface area contributed by atoms with E-state index in [0.717, 1.165) is 31.7 Å². The highest BCUT2D eigenvalue weighted by atomic mass is 16.1. The van der Waals surface area contributed by atoms with Gasteiger partial charge in [-0.2, -0.15) is 0 Å². The molecule has 1 atom stereocenters. The first-order valence-electron chi connectivity index (χ1n) is 7.25. The number of nitrogens with two attached hydrogens (primary N) is 1. The number of nitrogens with one attached hydrogen (secondary N) is 1. The summed E-state index contributed by atoms with van der Waals surface area (Å²) in [6, 6.07) is 0. The first-order chi connectivity index (χ1) is 8.27. The van der Waals surface area contributed by atoms with Gasteiger partial charge in [-0.05, 0) is 31.7 Å². The lowest BCUT2D eigenvalue weighted by atomic mass is 9.82. The van der Waals surface area contributed by atoms with Gasteiger partial charge in [-0.25, -0.2) is 0 Å². The molecule has 1 unspecified atom stereocenters. The zero-order valence-corrected chi connectivity index (χ0v) is 11.2. The molecule has 100 valence electrons. The number of carbonyl (C=O) groups is 1. The zero-order chi connectivity index (χ0) is 12.5. The van der Waals surface area contributed by atoms with Crippen LogP contribution in [0, 0.1) is 11.8 Å². The summed E-state index contributed by atoms with van der Waals surface area (Å²) in [4.78, 5) is 12.0. The van der Waals surface area contributed by atoms with Gasteiger partial charge < -0.3 is 11.1 Å². The third-order valence-corrected chi connectivity index (χ3v) is 3.89. The lowest BCUT2D eigenvalue weighted by molar-refractivity contribution is -0.125. The van der Waals surface area contributed by atoms with Crippen LogP contribution in [0.15, 0.2) is 0 Å². The van der Waals surface area contributed by atoms with Gasteiger partial charge >= 0.3 is 0 Å². The molecule has 1 aliphatic rings. The van der Waals surface area contributed by atoms with Crippen molar-refractivity contribution in [3.8, 4) is 0 Å². The number of hydrogen-bond acceptors (Lipinski definition) is 2. The molecule has 1 saturated carbocycles. The van der Waals surface area contributed by atoms with Crippen LogP contribution < -0.4 is 11.1 Å². The number of amides is 1. The Morgan fingerprint density at radius 1 is 1.35 bits per heavy atom.